The average Bonchev–Trinajstić information content (AvgIpc) is 3.01. The molecule has 30 heavy (non-hydrogen) atoms. The second kappa shape index (κ2) is 9.78. The van der Waals surface area contributed by atoms with Gasteiger partial charge in [-0.2, -0.15) is 0 Å². The van der Waals surface area contributed by atoms with Crippen LogP contribution in [0.4, 0.5) is 4.79 Å². The molecule has 3 rings (SSSR count). The predicted octanol–water partition coefficient (Wildman–Crippen LogP) is 4.86. The number of methoxy groups -OCH3 is 1. The van der Waals surface area contributed by atoms with E-state index in [-0.39, 0.29) is 0 Å². The van der Waals surface area contributed by atoms with Gasteiger partial charge >= 0.3 is 12.1 Å². The summed E-state index contributed by atoms with van der Waals surface area (Å²) in [6.07, 6.45) is 1.71. The SMILES string of the molecule is CC.COC(=O)c1cc(Cl)c(C2CS(=O)C3(CCC3)C(NC(=O)OC(C)(C)C)=N2)s1. The van der Waals surface area contributed by atoms with Gasteiger partial charge < -0.3 is 9.47 Å². The van der Waals surface area contributed by atoms with Crippen LogP contribution in [0.15, 0.2) is 11.1 Å². The molecule has 1 N–H and O–H groups in total. The van der Waals surface area contributed by atoms with Gasteiger partial charge in [0.15, 0.2) is 0 Å². The topological polar surface area (TPSA) is 94.1 Å². The maximum atomic E-state index is 13.1. The molecule has 1 spiro atoms. The van der Waals surface area contributed by atoms with Crippen LogP contribution in [0.1, 0.15) is 74.5 Å². The summed E-state index contributed by atoms with van der Waals surface area (Å²) in [5.74, 6) is 0.189. The zero-order valence-corrected chi connectivity index (χ0v) is 20.6. The Balaban J connectivity index is 0.00000155. The van der Waals surface area contributed by atoms with Gasteiger partial charge in [0.05, 0.1) is 23.9 Å². The molecular weight excluding hydrogens is 448 g/mol. The molecule has 1 saturated carbocycles. The maximum absolute atomic E-state index is 13.1. The van der Waals surface area contributed by atoms with E-state index in [9.17, 15) is 13.8 Å². The van der Waals surface area contributed by atoms with Gasteiger partial charge in [0.2, 0.25) is 0 Å². The molecular formula is C20H29ClN2O5S2. The largest absolute Gasteiger partial charge is 0.465 e. The fourth-order valence-corrected chi connectivity index (χ4v) is 6.62. The van der Waals surface area contributed by atoms with Crippen molar-refractivity contribution in [2.24, 2.45) is 4.99 Å². The number of carbonyl (C=O) groups is 2. The molecule has 10 heteroatoms. The first kappa shape index (κ1) is 24.8. The van der Waals surface area contributed by atoms with Crippen molar-refractivity contribution in [2.75, 3.05) is 12.9 Å². The first-order chi connectivity index (χ1) is 14.1. The van der Waals surface area contributed by atoms with Crippen LogP contribution in [0.2, 0.25) is 5.02 Å². The number of hydrogen-bond donors (Lipinski definition) is 1. The monoisotopic (exact) mass is 476 g/mol. The maximum Gasteiger partial charge on any atom is 0.413 e. The second-order valence-electron chi connectivity index (χ2n) is 7.79. The molecule has 1 aromatic rings. The average molecular weight is 477 g/mol. The summed E-state index contributed by atoms with van der Waals surface area (Å²) < 4.78 is 22.5. The summed E-state index contributed by atoms with van der Waals surface area (Å²) in [6.45, 7) is 9.32. The number of halogens is 1. The van der Waals surface area contributed by atoms with Crippen molar-refractivity contribution in [2.45, 2.75) is 70.3 Å². The van der Waals surface area contributed by atoms with E-state index in [1.165, 1.54) is 24.5 Å². The summed E-state index contributed by atoms with van der Waals surface area (Å²) in [5, 5.41) is 3.10. The molecule has 0 saturated heterocycles. The van der Waals surface area contributed by atoms with Crippen LogP contribution in [-0.2, 0) is 20.3 Å². The number of thiophene rings is 1. The molecule has 0 radical (unpaired) electrons. The van der Waals surface area contributed by atoms with E-state index in [0.29, 0.717) is 39.2 Å². The molecule has 1 aliphatic heterocycles. The van der Waals surface area contributed by atoms with Crippen molar-refractivity contribution in [3.8, 4) is 0 Å². The smallest absolute Gasteiger partial charge is 0.413 e. The van der Waals surface area contributed by atoms with Crippen LogP contribution in [0.5, 0.6) is 0 Å². The fourth-order valence-electron chi connectivity index (χ4n) is 3.18. The van der Waals surface area contributed by atoms with Gasteiger partial charge in [-0.05, 0) is 46.1 Å². The van der Waals surface area contributed by atoms with Crippen molar-refractivity contribution in [1.29, 1.82) is 0 Å². The Bertz CT molecular complexity index is 856. The Morgan fingerprint density at radius 1 is 1.33 bits per heavy atom. The summed E-state index contributed by atoms with van der Waals surface area (Å²) >= 11 is 7.47. The number of nitrogens with zero attached hydrogens (tertiary/aromatic N) is 1. The molecule has 2 unspecified atom stereocenters. The Hall–Kier alpha value is -1.45. The quantitative estimate of drug-likeness (QED) is 0.615. The molecule has 1 aliphatic carbocycles. The lowest BCUT2D eigenvalue weighted by molar-refractivity contribution is 0.0557. The molecule has 7 nitrogen and oxygen atoms in total. The van der Waals surface area contributed by atoms with E-state index in [0.717, 1.165) is 6.42 Å². The molecule has 0 bridgehead atoms. The highest BCUT2D eigenvalue weighted by atomic mass is 35.5. The number of ether oxygens (including phenoxy) is 2. The molecule has 0 aromatic carbocycles. The number of esters is 1. The van der Waals surface area contributed by atoms with Gasteiger partial charge in [-0.1, -0.05) is 25.4 Å². The predicted molar refractivity (Wildman–Crippen MR) is 121 cm³/mol. The number of amidine groups is 1. The zero-order valence-electron chi connectivity index (χ0n) is 18.2. The minimum absolute atomic E-state index is 0.292. The molecule has 2 atom stereocenters. The molecule has 2 aliphatic rings. The number of amides is 1. The number of hydrogen-bond acceptors (Lipinski definition) is 7. The number of rotatable bonds is 2. The molecule has 1 aromatic heterocycles. The molecule has 168 valence electrons. The lowest BCUT2D eigenvalue weighted by atomic mass is 9.82. The number of carbonyl (C=O) groups excluding carboxylic acids is 2. The van der Waals surface area contributed by atoms with E-state index < -0.39 is 39.3 Å². The third-order valence-electron chi connectivity index (χ3n) is 4.64. The van der Waals surface area contributed by atoms with Crippen LogP contribution in [0, 0.1) is 0 Å². The highest BCUT2D eigenvalue weighted by Gasteiger charge is 2.51. The number of alkyl carbamates (subject to hydrolysis) is 1. The number of aliphatic imine (C=N–C) groups is 1. The minimum Gasteiger partial charge on any atom is -0.465 e. The molecule has 1 fully saturated rings. The van der Waals surface area contributed by atoms with Crippen molar-refractivity contribution in [3.63, 3.8) is 0 Å². The standard InChI is InChI=1S/C18H23ClN2O5S2.C2H6/c1-17(2,3)26-16(23)21-15-18(6-5-7-18)28(24)9-11(20-15)13-10(19)8-12(27-13)14(22)25-4;1-2/h8,11H,5-7,9H2,1-4H3,(H,20,21,23);1-2H3. The third kappa shape index (κ3) is 5.23. The van der Waals surface area contributed by atoms with Gasteiger partial charge in [-0.15, -0.1) is 11.3 Å². The van der Waals surface area contributed by atoms with Crippen LogP contribution in [0.3, 0.4) is 0 Å². The van der Waals surface area contributed by atoms with Gasteiger partial charge in [-0.3, -0.25) is 14.5 Å². The van der Waals surface area contributed by atoms with Crippen LogP contribution in [-0.4, -0.2) is 45.3 Å². The van der Waals surface area contributed by atoms with Gasteiger partial charge in [0.25, 0.3) is 0 Å². The zero-order chi connectivity index (χ0) is 22.7. The van der Waals surface area contributed by atoms with Crippen molar-refractivity contribution >= 4 is 51.6 Å². The van der Waals surface area contributed by atoms with E-state index in [1.54, 1.807) is 20.8 Å². The lowest BCUT2D eigenvalue weighted by Crippen LogP contribution is -2.59. The van der Waals surface area contributed by atoms with Gasteiger partial charge in [0.1, 0.15) is 21.1 Å². The second-order valence-corrected chi connectivity index (χ2v) is 11.1. The van der Waals surface area contributed by atoms with E-state index >= 15 is 0 Å². The minimum atomic E-state index is -1.24. The molecule has 2 heterocycles. The van der Waals surface area contributed by atoms with E-state index in [2.05, 4.69) is 5.32 Å². The van der Waals surface area contributed by atoms with Crippen LogP contribution in [0.25, 0.3) is 0 Å². The van der Waals surface area contributed by atoms with Crippen molar-refractivity contribution in [3.05, 3.63) is 20.8 Å². The summed E-state index contributed by atoms with van der Waals surface area (Å²) in [5.41, 5.74) is -0.656. The Kier molecular flexibility index (Phi) is 8.09. The van der Waals surface area contributed by atoms with E-state index in [4.69, 9.17) is 26.1 Å². The highest BCUT2D eigenvalue weighted by molar-refractivity contribution is 7.87. The fraction of sp³-hybridized carbons (Fsp3) is 0.650. The highest BCUT2D eigenvalue weighted by Crippen LogP contribution is 2.45. The van der Waals surface area contributed by atoms with Crippen LogP contribution >= 0.6 is 22.9 Å². The summed E-state index contributed by atoms with van der Waals surface area (Å²) in [7, 11) is 0.0606. The number of nitrogens with one attached hydrogen (secondary N) is 1. The van der Waals surface area contributed by atoms with Gasteiger partial charge in [-0.25, -0.2) is 9.59 Å². The third-order valence-corrected chi connectivity index (χ3v) is 8.38. The Morgan fingerprint density at radius 2 is 1.97 bits per heavy atom. The first-order valence-electron chi connectivity index (χ1n) is 9.90. The summed E-state index contributed by atoms with van der Waals surface area (Å²) in [4.78, 5) is 29.8. The van der Waals surface area contributed by atoms with Crippen LogP contribution < -0.4 is 5.32 Å². The Labute approximate surface area is 189 Å². The summed E-state index contributed by atoms with van der Waals surface area (Å²) in [6, 6.07) is 1.02. The van der Waals surface area contributed by atoms with E-state index in [1.807, 2.05) is 13.8 Å². The van der Waals surface area contributed by atoms with Crippen molar-refractivity contribution < 1.29 is 23.3 Å². The van der Waals surface area contributed by atoms with Gasteiger partial charge in [0, 0.05) is 15.7 Å². The first-order valence-corrected chi connectivity index (χ1v) is 12.4. The lowest BCUT2D eigenvalue weighted by Gasteiger charge is -2.44. The normalized spacial score (nSPS) is 22.2. The molecule has 1 amide bonds. The Morgan fingerprint density at radius 3 is 2.47 bits per heavy atom. The van der Waals surface area contributed by atoms with Crippen molar-refractivity contribution in [1.82, 2.24) is 5.32 Å².